The zero-order valence-electron chi connectivity index (χ0n) is 38.8. The van der Waals surface area contributed by atoms with Gasteiger partial charge in [0.15, 0.2) is 11.3 Å². The van der Waals surface area contributed by atoms with Gasteiger partial charge in [0.1, 0.15) is 46.9 Å². The number of carbonyl (C=O) groups is 3. The number of aliphatic hydroxyl groups is 2. The highest BCUT2D eigenvalue weighted by atomic mass is 32.2. The molecule has 0 fully saturated rings. The number of ketones is 1. The summed E-state index contributed by atoms with van der Waals surface area (Å²) in [5, 5.41) is 37.2. The third kappa shape index (κ3) is 9.47. The Labute approximate surface area is 381 Å². The molecule has 4 bridgehead atoms. The second kappa shape index (κ2) is 19.6. The van der Waals surface area contributed by atoms with Crippen LogP contribution in [0, 0.1) is 30.6 Å². The number of nitrogens with one attached hydrogen (secondary N) is 1. The number of amides is 1. The van der Waals surface area contributed by atoms with Crippen molar-refractivity contribution in [2.45, 2.75) is 90.5 Å². The maximum Gasteiger partial charge on any atom is 0.312 e. The van der Waals surface area contributed by atoms with E-state index in [9.17, 15) is 34.5 Å². The molecule has 0 spiro atoms. The number of hydrogen-bond donors (Lipinski definition) is 4. The molecular formula is C48H59N3O13S. The number of carbonyl (C=O) groups excluding carboxylic acids is 3. The summed E-state index contributed by atoms with van der Waals surface area (Å²) in [4.78, 5) is 63.7. The van der Waals surface area contributed by atoms with Gasteiger partial charge in [-0.05, 0) is 46.3 Å². The van der Waals surface area contributed by atoms with E-state index in [1.54, 1.807) is 52.0 Å². The van der Waals surface area contributed by atoms with Gasteiger partial charge in [0, 0.05) is 78.7 Å². The van der Waals surface area contributed by atoms with E-state index in [2.05, 4.69) is 5.32 Å². The number of likely N-dealkylation sites (N-methyl/N-ethyl adjacent to an activating group) is 1. The number of nitrogens with zero attached hydrogens (tertiary/aromatic N) is 2. The van der Waals surface area contributed by atoms with Gasteiger partial charge in [0.05, 0.1) is 35.5 Å². The van der Waals surface area contributed by atoms with E-state index in [4.69, 9.17) is 33.1 Å². The molecule has 2 aromatic carbocycles. The van der Waals surface area contributed by atoms with E-state index in [1.807, 2.05) is 25.3 Å². The smallest absolute Gasteiger partial charge is 0.312 e. The largest absolute Gasteiger partial charge is 0.507 e. The minimum atomic E-state index is -2.05. The molecule has 4 aliphatic rings. The molecule has 6 rings (SSSR count). The van der Waals surface area contributed by atoms with Gasteiger partial charge >= 0.3 is 11.8 Å². The van der Waals surface area contributed by atoms with Crippen LogP contribution < -0.4 is 20.2 Å². The number of aliphatic hydroxyl groups excluding tert-OH is 2. The van der Waals surface area contributed by atoms with Crippen molar-refractivity contribution in [2.24, 2.45) is 23.7 Å². The van der Waals surface area contributed by atoms with Crippen LogP contribution in [0.2, 0.25) is 0 Å². The Hall–Kier alpha value is -5.46. The molecule has 3 heterocycles. The van der Waals surface area contributed by atoms with E-state index < -0.39 is 82.7 Å². The van der Waals surface area contributed by atoms with E-state index in [0.717, 1.165) is 0 Å². The highest BCUT2D eigenvalue weighted by Gasteiger charge is 2.50. The molecule has 3 aliphatic heterocycles. The van der Waals surface area contributed by atoms with Gasteiger partial charge in [-0.15, -0.1) is 11.8 Å². The van der Waals surface area contributed by atoms with Crippen molar-refractivity contribution in [3.05, 3.63) is 69.6 Å². The van der Waals surface area contributed by atoms with Crippen LogP contribution in [-0.2, 0) is 23.8 Å². The number of rotatable bonds is 7. The van der Waals surface area contributed by atoms with Crippen LogP contribution in [-0.4, -0.2) is 114 Å². The zero-order chi connectivity index (χ0) is 47.8. The average molecular weight is 918 g/mol. The lowest BCUT2D eigenvalue weighted by atomic mass is 9.78. The number of fused-ring (bicyclic) bond motifs is 2. The number of esters is 1. The van der Waals surface area contributed by atoms with Crippen molar-refractivity contribution < 1.29 is 57.8 Å². The van der Waals surface area contributed by atoms with Crippen LogP contribution >= 0.6 is 11.8 Å². The number of phenolic OH excluding ortho intramolecular Hbond substituents is 1. The van der Waals surface area contributed by atoms with Crippen molar-refractivity contribution in [1.29, 1.82) is 0 Å². The summed E-state index contributed by atoms with van der Waals surface area (Å²) in [6.45, 7) is 13.6. The standard InChI is InChI=1S/C48H59N3O13S/c1-22-14-13-15-23(2)47(58)50-38-42(56)34-33(37-45(38)63-31-20-29(60-19-17-51(9)10)21-32(65-12)36(31)49-37)35-44(27(6)41(34)55)64-48(8,46(35)57)61-18-16-30(59-11)24(3)43(62-28(7)52)26(5)40(54)25(4)39(22)53/h13-16,18,20-22,24-26,30,39-40,43,53-55H,17,19H2,1-12H3,(H,50,58)/b14-13+,18-16+,23-15-/t22-,24+,25+,26+,30-,39-,40+,43+,48-/m0/s1. The molecule has 0 unspecified atom stereocenters. The summed E-state index contributed by atoms with van der Waals surface area (Å²) in [6, 6.07) is 3.44. The number of benzene rings is 3. The first kappa shape index (κ1) is 49.0. The number of hydrogen-bond acceptors (Lipinski definition) is 16. The first-order chi connectivity index (χ1) is 30.6. The second-order valence-electron chi connectivity index (χ2n) is 17.4. The van der Waals surface area contributed by atoms with E-state index in [1.165, 1.54) is 65.0 Å². The number of aromatic nitrogens is 1. The maximum atomic E-state index is 14.8. The monoisotopic (exact) mass is 917 g/mol. The Kier molecular flexibility index (Phi) is 14.7. The minimum Gasteiger partial charge on any atom is -0.507 e. The summed E-state index contributed by atoms with van der Waals surface area (Å²) < 4.78 is 36.5. The second-order valence-corrected chi connectivity index (χ2v) is 18.2. The summed E-state index contributed by atoms with van der Waals surface area (Å²) in [7, 11) is 5.29. The number of methoxy groups -OCH3 is 1. The van der Waals surface area contributed by atoms with Crippen molar-refractivity contribution in [3.8, 4) is 28.7 Å². The van der Waals surface area contributed by atoms with Crippen LogP contribution in [0.5, 0.6) is 17.2 Å². The Bertz CT molecular complexity index is 2620. The topological polar surface area (TPSA) is 216 Å². The number of aromatic hydroxyl groups is 1. The molecule has 1 amide bonds. The fraction of sp³-hybridized carbons (Fsp3) is 0.479. The Morgan fingerprint density at radius 2 is 1.72 bits per heavy atom. The van der Waals surface area contributed by atoms with Gasteiger partial charge in [-0.25, -0.2) is 4.98 Å². The number of phenols is 1. The van der Waals surface area contributed by atoms with Crippen molar-refractivity contribution >= 4 is 57.0 Å². The first-order valence-electron chi connectivity index (χ1n) is 21.4. The van der Waals surface area contributed by atoms with E-state index in [-0.39, 0.29) is 55.9 Å². The van der Waals surface area contributed by atoms with Gasteiger partial charge in [0.2, 0.25) is 5.43 Å². The normalized spacial score (nSPS) is 28.5. The molecule has 65 heavy (non-hydrogen) atoms. The molecule has 350 valence electrons. The number of ether oxygens (including phenoxy) is 5. The molecular weight excluding hydrogens is 859 g/mol. The molecule has 0 radical (unpaired) electrons. The predicted molar refractivity (Wildman–Crippen MR) is 247 cm³/mol. The highest BCUT2D eigenvalue weighted by molar-refractivity contribution is 7.98. The summed E-state index contributed by atoms with van der Waals surface area (Å²) >= 11 is 1.37. The predicted octanol–water partition coefficient (Wildman–Crippen LogP) is 6.61. The number of allylic oxidation sites excluding steroid dienone is 2. The lowest BCUT2D eigenvalue weighted by Gasteiger charge is -2.38. The molecule has 0 aromatic heterocycles. The maximum absolute atomic E-state index is 14.8. The summed E-state index contributed by atoms with van der Waals surface area (Å²) in [5.74, 6) is -6.81. The first-order valence-corrected chi connectivity index (χ1v) is 22.6. The Morgan fingerprint density at radius 3 is 2.37 bits per heavy atom. The van der Waals surface area contributed by atoms with Gasteiger partial charge < -0.3 is 53.6 Å². The quantitative estimate of drug-likeness (QED) is 0.0664. The SMILES string of the molecule is CO[C@H]1/C=C/O[C@@]2(C)Oc3c(C)c(O)c4c(=O)c(c5oc6cc(OCCN(C)C)cc(SC)c6nc-5c4c3C2=O)NC(=O)/C(C)=C\C=C\[C@H](C)[C@H](O)[C@@H](C)[C@@H](O)[C@@H](C)[C@H](OC(C)=O)[C@@H]1C. The average Bonchev–Trinajstić information content (AvgIpc) is 3.53. The van der Waals surface area contributed by atoms with Crippen LogP contribution in [0.4, 0.5) is 5.69 Å². The summed E-state index contributed by atoms with van der Waals surface area (Å²) in [6.07, 6.45) is 5.44. The fourth-order valence-electron chi connectivity index (χ4n) is 8.44. The lowest BCUT2D eigenvalue weighted by Crippen LogP contribution is -2.46. The third-order valence-corrected chi connectivity index (χ3v) is 13.2. The number of thioether (sulfide) groups is 1. The molecule has 1 aliphatic carbocycles. The van der Waals surface area contributed by atoms with Gasteiger partial charge in [-0.2, -0.15) is 0 Å². The van der Waals surface area contributed by atoms with Crippen LogP contribution in [0.3, 0.4) is 0 Å². The van der Waals surface area contributed by atoms with Crippen molar-refractivity contribution in [3.63, 3.8) is 0 Å². The Morgan fingerprint density at radius 1 is 1.02 bits per heavy atom. The molecule has 16 nitrogen and oxygen atoms in total. The van der Waals surface area contributed by atoms with Gasteiger partial charge in [-0.3, -0.25) is 19.2 Å². The van der Waals surface area contributed by atoms with E-state index >= 15 is 0 Å². The van der Waals surface area contributed by atoms with Crippen LogP contribution in [0.15, 0.2) is 62.4 Å². The number of anilines is 1. The Balaban J connectivity index is 1.61. The molecule has 4 N–H and O–H groups in total. The number of Topliss-reactive ketones (excluding diaryl/α,β-unsaturated/α-hetero) is 1. The minimum absolute atomic E-state index is 0.0173. The van der Waals surface area contributed by atoms with E-state index in [0.29, 0.717) is 29.3 Å². The molecule has 0 saturated carbocycles. The lowest BCUT2D eigenvalue weighted by molar-refractivity contribution is -0.160. The molecule has 2 aromatic rings. The molecule has 0 saturated heterocycles. The van der Waals surface area contributed by atoms with Gasteiger partial charge in [-0.1, -0.05) is 45.9 Å². The summed E-state index contributed by atoms with van der Waals surface area (Å²) in [5.41, 5.74) is -0.507. The van der Waals surface area contributed by atoms with Crippen molar-refractivity contribution in [2.75, 3.05) is 45.9 Å². The highest BCUT2D eigenvalue weighted by Crippen LogP contribution is 2.51. The zero-order valence-corrected chi connectivity index (χ0v) is 39.6. The fourth-order valence-corrected chi connectivity index (χ4v) is 9.01. The third-order valence-electron chi connectivity index (χ3n) is 12.4. The van der Waals surface area contributed by atoms with Gasteiger partial charge in [0.25, 0.3) is 11.7 Å². The van der Waals surface area contributed by atoms with Crippen molar-refractivity contribution in [1.82, 2.24) is 9.88 Å². The van der Waals surface area contributed by atoms with Crippen LogP contribution in [0.1, 0.15) is 64.4 Å². The van der Waals surface area contributed by atoms with Crippen LogP contribution in [0.25, 0.3) is 33.3 Å². The molecule has 9 atom stereocenters. The molecule has 17 heteroatoms.